The van der Waals surface area contributed by atoms with Crippen LogP contribution in [0.1, 0.15) is 26.3 Å². The summed E-state index contributed by atoms with van der Waals surface area (Å²) in [6, 6.07) is 8.88. The van der Waals surface area contributed by atoms with Gasteiger partial charge in [-0.25, -0.2) is 0 Å². The molecule has 0 fully saturated rings. The Labute approximate surface area is 99.0 Å². The van der Waals surface area contributed by atoms with Gasteiger partial charge in [-0.3, -0.25) is 0 Å². The van der Waals surface area contributed by atoms with Crippen LogP contribution in [-0.2, 0) is 6.42 Å². The van der Waals surface area contributed by atoms with Gasteiger partial charge >= 0.3 is 0 Å². The van der Waals surface area contributed by atoms with Gasteiger partial charge in [0.05, 0.1) is 7.11 Å². The standard InChI is InChI=1S/C14H23NO/c1-5-15-12(3)11(2)9-13-7-6-8-14(10-13)16-4/h6-8,10-12,15H,5,9H2,1-4H3. The number of hydrogen-bond acceptors (Lipinski definition) is 2. The maximum atomic E-state index is 5.23. The van der Waals surface area contributed by atoms with E-state index in [1.165, 1.54) is 5.56 Å². The molecule has 90 valence electrons. The molecule has 0 aliphatic rings. The van der Waals surface area contributed by atoms with Gasteiger partial charge in [0.2, 0.25) is 0 Å². The molecule has 2 nitrogen and oxygen atoms in total. The van der Waals surface area contributed by atoms with Crippen LogP contribution in [-0.4, -0.2) is 19.7 Å². The Morgan fingerprint density at radius 2 is 2.06 bits per heavy atom. The highest BCUT2D eigenvalue weighted by atomic mass is 16.5. The van der Waals surface area contributed by atoms with Crippen molar-refractivity contribution < 1.29 is 4.74 Å². The third-order valence-electron chi connectivity index (χ3n) is 3.07. The molecule has 0 saturated heterocycles. The number of ether oxygens (including phenoxy) is 1. The van der Waals surface area contributed by atoms with Crippen LogP contribution in [0.15, 0.2) is 24.3 Å². The maximum Gasteiger partial charge on any atom is 0.119 e. The lowest BCUT2D eigenvalue weighted by Gasteiger charge is -2.20. The van der Waals surface area contributed by atoms with Crippen LogP contribution in [0, 0.1) is 5.92 Å². The van der Waals surface area contributed by atoms with Gasteiger partial charge < -0.3 is 10.1 Å². The molecule has 0 heterocycles. The summed E-state index contributed by atoms with van der Waals surface area (Å²) < 4.78 is 5.23. The Morgan fingerprint density at radius 3 is 2.69 bits per heavy atom. The molecule has 0 radical (unpaired) electrons. The first-order chi connectivity index (χ1) is 7.67. The van der Waals surface area contributed by atoms with E-state index in [2.05, 4.69) is 44.3 Å². The highest BCUT2D eigenvalue weighted by Gasteiger charge is 2.11. The average Bonchev–Trinajstić information content (AvgIpc) is 2.29. The van der Waals surface area contributed by atoms with E-state index in [9.17, 15) is 0 Å². The Kier molecular flexibility index (Phi) is 5.33. The van der Waals surface area contributed by atoms with E-state index in [0.29, 0.717) is 12.0 Å². The van der Waals surface area contributed by atoms with E-state index in [0.717, 1.165) is 18.7 Å². The monoisotopic (exact) mass is 221 g/mol. The van der Waals surface area contributed by atoms with E-state index in [1.54, 1.807) is 7.11 Å². The van der Waals surface area contributed by atoms with E-state index >= 15 is 0 Å². The number of nitrogens with one attached hydrogen (secondary N) is 1. The Hall–Kier alpha value is -1.02. The topological polar surface area (TPSA) is 21.3 Å². The van der Waals surface area contributed by atoms with Gasteiger partial charge in [-0.2, -0.15) is 0 Å². The second-order valence-corrected chi connectivity index (χ2v) is 4.38. The van der Waals surface area contributed by atoms with Crippen LogP contribution in [0.3, 0.4) is 0 Å². The van der Waals surface area contributed by atoms with Gasteiger partial charge in [-0.15, -0.1) is 0 Å². The van der Waals surface area contributed by atoms with Gasteiger partial charge in [0.1, 0.15) is 5.75 Å². The molecule has 0 bridgehead atoms. The van der Waals surface area contributed by atoms with Gasteiger partial charge in [0.25, 0.3) is 0 Å². The molecule has 2 atom stereocenters. The first-order valence-corrected chi connectivity index (χ1v) is 6.03. The fourth-order valence-corrected chi connectivity index (χ4v) is 1.87. The second kappa shape index (κ2) is 6.54. The van der Waals surface area contributed by atoms with Crippen molar-refractivity contribution in [2.24, 2.45) is 5.92 Å². The summed E-state index contributed by atoms with van der Waals surface area (Å²) in [6.45, 7) is 7.71. The molecule has 0 amide bonds. The predicted molar refractivity (Wildman–Crippen MR) is 69.0 cm³/mol. The van der Waals surface area contributed by atoms with E-state index in [1.807, 2.05) is 6.07 Å². The normalized spacial score (nSPS) is 14.5. The molecule has 1 N–H and O–H groups in total. The van der Waals surface area contributed by atoms with Crippen LogP contribution in [0.5, 0.6) is 5.75 Å². The molecule has 2 heteroatoms. The zero-order valence-electron chi connectivity index (χ0n) is 10.8. The Bertz CT molecular complexity index is 311. The van der Waals surface area contributed by atoms with Crippen molar-refractivity contribution in [3.05, 3.63) is 29.8 Å². The number of rotatable bonds is 6. The molecule has 0 spiro atoms. The summed E-state index contributed by atoms with van der Waals surface area (Å²) in [5.41, 5.74) is 1.34. The SMILES string of the molecule is CCNC(C)C(C)Cc1cccc(OC)c1. The van der Waals surface area contributed by atoms with Crippen molar-refractivity contribution in [3.63, 3.8) is 0 Å². The largest absolute Gasteiger partial charge is 0.497 e. The van der Waals surface area contributed by atoms with Gasteiger partial charge in [-0.05, 0) is 43.5 Å². The van der Waals surface area contributed by atoms with Gasteiger partial charge in [-0.1, -0.05) is 26.0 Å². The van der Waals surface area contributed by atoms with Crippen molar-refractivity contribution in [2.45, 2.75) is 33.2 Å². The molecule has 0 aliphatic carbocycles. The highest BCUT2D eigenvalue weighted by molar-refractivity contribution is 5.28. The smallest absolute Gasteiger partial charge is 0.119 e. The number of methoxy groups -OCH3 is 1. The summed E-state index contributed by atoms with van der Waals surface area (Å²) in [5, 5.41) is 3.46. The summed E-state index contributed by atoms with van der Waals surface area (Å²) in [5.74, 6) is 1.58. The lowest BCUT2D eigenvalue weighted by Crippen LogP contribution is -2.32. The molecule has 16 heavy (non-hydrogen) atoms. The van der Waals surface area contributed by atoms with Gasteiger partial charge in [0, 0.05) is 6.04 Å². The Balaban J connectivity index is 2.58. The van der Waals surface area contributed by atoms with Crippen molar-refractivity contribution in [3.8, 4) is 5.75 Å². The second-order valence-electron chi connectivity index (χ2n) is 4.38. The lowest BCUT2D eigenvalue weighted by molar-refractivity contribution is 0.401. The molecular weight excluding hydrogens is 198 g/mol. The molecule has 0 aliphatic heterocycles. The summed E-state index contributed by atoms with van der Waals surface area (Å²) in [6.07, 6.45) is 1.09. The van der Waals surface area contributed by atoms with Crippen LogP contribution < -0.4 is 10.1 Å². The first-order valence-electron chi connectivity index (χ1n) is 6.03. The van der Waals surface area contributed by atoms with E-state index < -0.39 is 0 Å². The minimum atomic E-state index is 0.552. The van der Waals surface area contributed by atoms with Crippen LogP contribution in [0.2, 0.25) is 0 Å². The summed E-state index contributed by atoms with van der Waals surface area (Å²) in [4.78, 5) is 0. The third kappa shape index (κ3) is 3.86. The van der Waals surface area contributed by atoms with E-state index in [4.69, 9.17) is 4.74 Å². The van der Waals surface area contributed by atoms with Crippen LogP contribution in [0.4, 0.5) is 0 Å². The summed E-state index contributed by atoms with van der Waals surface area (Å²) >= 11 is 0. The van der Waals surface area contributed by atoms with Crippen molar-refractivity contribution in [2.75, 3.05) is 13.7 Å². The number of benzene rings is 1. The van der Waals surface area contributed by atoms with Crippen molar-refractivity contribution in [1.29, 1.82) is 0 Å². The molecule has 1 rings (SSSR count). The molecular formula is C14H23NO. The molecule has 1 aromatic rings. The molecule has 0 aromatic heterocycles. The molecule has 1 aromatic carbocycles. The zero-order chi connectivity index (χ0) is 12.0. The maximum absolute atomic E-state index is 5.23. The quantitative estimate of drug-likeness (QED) is 0.797. The van der Waals surface area contributed by atoms with Crippen molar-refractivity contribution in [1.82, 2.24) is 5.32 Å². The lowest BCUT2D eigenvalue weighted by atomic mass is 9.95. The third-order valence-corrected chi connectivity index (χ3v) is 3.07. The van der Waals surface area contributed by atoms with Crippen LogP contribution >= 0.6 is 0 Å². The van der Waals surface area contributed by atoms with Crippen molar-refractivity contribution >= 4 is 0 Å². The first kappa shape index (κ1) is 13.0. The van der Waals surface area contributed by atoms with Gasteiger partial charge in [0.15, 0.2) is 0 Å². The van der Waals surface area contributed by atoms with Crippen LogP contribution in [0.25, 0.3) is 0 Å². The highest BCUT2D eigenvalue weighted by Crippen LogP contribution is 2.17. The van der Waals surface area contributed by atoms with E-state index in [-0.39, 0.29) is 0 Å². The molecule has 0 saturated carbocycles. The Morgan fingerprint density at radius 1 is 1.31 bits per heavy atom. The molecule has 2 unspecified atom stereocenters. The minimum absolute atomic E-state index is 0.552. The minimum Gasteiger partial charge on any atom is -0.497 e. The average molecular weight is 221 g/mol. The summed E-state index contributed by atoms with van der Waals surface area (Å²) in [7, 11) is 1.71. The fraction of sp³-hybridized carbons (Fsp3) is 0.571. The zero-order valence-corrected chi connectivity index (χ0v) is 10.8. The number of hydrogen-bond donors (Lipinski definition) is 1. The predicted octanol–water partition coefficient (Wildman–Crippen LogP) is 2.87. The fourth-order valence-electron chi connectivity index (χ4n) is 1.87.